The molecule has 2 saturated heterocycles. The minimum atomic E-state index is -3.79. The third kappa shape index (κ3) is 4.80. The van der Waals surface area contributed by atoms with Crippen LogP contribution in [0.25, 0.3) is 0 Å². The molecule has 1 unspecified atom stereocenters. The van der Waals surface area contributed by atoms with Crippen molar-refractivity contribution in [3.8, 4) is 0 Å². The van der Waals surface area contributed by atoms with Gasteiger partial charge >= 0.3 is 0 Å². The molecular weight excluding hydrogens is 408 g/mol. The Bertz CT molecular complexity index is 809. The Labute approximate surface area is 170 Å². The first kappa shape index (κ1) is 22.5. The molecule has 28 heavy (non-hydrogen) atoms. The van der Waals surface area contributed by atoms with Gasteiger partial charge in [0.25, 0.3) is 5.69 Å². The number of hydrogen-bond acceptors (Lipinski definition) is 6. The first-order chi connectivity index (χ1) is 12.8. The average molecular weight is 433 g/mol. The molecule has 1 atom stereocenters. The lowest BCUT2D eigenvalue weighted by Crippen LogP contribution is -2.49. The molecule has 1 aromatic carbocycles. The van der Waals surface area contributed by atoms with Gasteiger partial charge in [0, 0.05) is 44.4 Å². The molecule has 1 amide bonds. The standard InChI is InChI=1S/C17H24N4O5S.ClH/c18-14-7-10-19(11-8-14)17(22)13-2-1-9-20(12-13)27(25,26)16-5-3-15(4-6-16)21(23)24;/h3-6,13-14H,1-2,7-12,18H2;1H. The summed E-state index contributed by atoms with van der Waals surface area (Å²) in [4.78, 5) is 24.7. The van der Waals surface area contributed by atoms with E-state index in [1.165, 1.54) is 28.6 Å². The number of piperidine rings is 2. The number of nitro benzene ring substituents is 1. The third-order valence-corrected chi connectivity index (χ3v) is 7.15. The van der Waals surface area contributed by atoms with Gasteiger partial charge in [0.05, 0.1) is 15.7 Å². The molecule has 0 spiro atoms. The SMILES string of the molecule is Cl.NC1CCN(C(=O)C2CCCN(S(=O)(=O)c3ccc([N+](=O)[O-])cc3)C2)CC1. The fraction of sp³-hybridized carbons (Fsp3) is 0.588. The van der Waals surface area contributed by atoms with Crippen LogP contribution in [0, 0.1) is 16.0 Å². The van der Waals surface area contributed by atoms with Gasteiger partial charge in [-0.2, -0.15) is 4.31 Å². The van der Waals surface area contributed by atoms with Crippen LogP contribution < -0.4 is 5.73 Å². The maximum absolute atomic E-state index is 12.9. The van der Waals surface area contributed by atoms with Gasteiger partial charge < -0.3 is 10.6 Å². The largest absolute Gasteiger partial charge is 0.342 e. The van der Waals surface area contributed by atoms with Crippen molar-refractivity contribution in [1.82, 2.24) is 9.21 Å². The number of non-ortho nitro benzene ring substituents is 1. The predicted octanol–water partition coefficient (Wildman–Crippen LogP) is 1.37. The quantitative estimate of drug-likeness (QED) is 0.565. The van der Waals surface area contributed by atoms with Crippen molar-refractivity contribution in [2.24, 2.45) is 11.7 Å². The van der Waals surface area contributed by atoms with E-state index in [0.717, 1.165) is 12.8 Å². The van der Waals surface area contributed by atoms with E-state index in [9.17, 15) is 23.3 Å². The third-order valence-electron chi connectivity index (χ3n) is 5.27. The van der Waals surface area contributed by atoms with Gasteiger partial charge in [0.2, 0.25) is 15.9 Å². The fourth-order valence-corrected chi connectivity index (χ4v) is 5.15. The molecule has 11 heteroatoms. The number of benzene rings is 1. The zero-order chi connectivity index (χ0) is 19.6. The van der Waals surface area contributed by atoms with Crippen LogP contribution >= 0.6 is 12.4 Å². The van der Waals surface area contributed by atoms with Gasteiger partial charge in [-0.15, -0.1) is 12.4 Å². The van der Waals surface area contributed by atoms with E-state index in [1.54, 1.807) is 4.90 Å². The van der Waals surface area contributed by atoms with Crippen molar-refractivity contribution >= 4 is 34.0 Å². The molecule has 2 fully saturated rings. The number of halogens is 1. The summed E-state index contributed by atoms with van der Waals surface area (Å²) in [6, 6.07) is 4.96. The minimum absolute atomic E-state index is 0. The molecule has 2 heterocycles. The highest BCUT2D eigenvalue weighted by Gasteiger charge is 2.35. The smallest absolute Gasteiger partial charge is 0.269 e. The highest BCUT2D eigenvalue weighted by atomic mass is 35.5. The number of sulfonamides is 1. The molecule has 2 aliphatic rings. The van der Waals surface area contributed by atoms with Crippen LogP contribution in [0.15, 0.2) is 29.2 Å². The van der Waals surface area contributed by atoms with Crippen molar-refractivity contribution in [3.05, 3.63) is 34.4 Å². The van der Waals surface area contributed by atoms with Gasteiger partial charge in [-0.25, -0.2) is 8.42 Å². The summed E-state index contributed by atoms with van der Waals surface area (Å²) in [5.41, 5.74) is 5.72. The van der Waals surface area contributed by atoms with Crippen LogP contribution in [0.5, 0.6) is 0 Å². The van der Waals surface area contributed by atoms with Crippen molar-refractivity contribution in [2.75, 3.05) is 26.2 Å². The summed E-state index contributed by atoms with van der Waals surface area (Å²) in [5, 5.41) is 10.7. The zero-order valence-corrected chi connectivity index (χ0v) is 17.0. The Morgan fingerprint density at radius 2 is 1.71 bits per heavy atom. The lowest BCUT2D eigenvalue weighted by molar-refractivity contribution is -0.384. The van der Waals surface area contributed by atoms with E-state index < -0.39 is 14.9 Å². The Kier molecular flexibility index (Phi) is 7.38. The molecule has 0 bridgehead atoms. The number of nitro groups is 1. The van der Waals surface area contributed by atoms with Crippen LogP contribution in [0.4, 0.5) is 5.69 Å². The summed E-state index contributed by atoms with van der Waals surface area (Å²) in [5.74, 6) is -0.369. The molecule has 3 rings (SSSR count). The lowest BCUT2D eigenvalue weighted by atomic mass is 9.96. The Hall–Kier alpha value is -1.75. The molecule has 9 nitrogen and oxygen atoms in total. The number of rotatable bonds is 4. The molecule has 0 radical (unpaired) electrons. The van der Waals surface area contributed by atoms with E-state index in [4.69, 9.17) is 5.73 Å². The average Bonchev–Trinajstić information content (AvgIpc) is 2.68. The zero-order valence-electron chi connectivity index (χ0n) is 15.4. The van der Waals surface area contributed by atoms with E-state index >= 15 is 0 Å². The molecule has 156 valence electrons. The number of carbonyl (C=O) groups is 1. The highest BCUT2D eigenvalue weighted by Crippen LogP contribution is 2.26. The maximum Gasteiger partial charge on any atom is 0.269 e. The number of nitrogens with zero attached hydrogens (tertiary/aromatic N) is 3. The normalized spacial score (nSPS) is 21.8. The van der Waals surface area contributed by atoms with Crippen LogP contribution in [0.3, 0.4) is 0 Å². The van der Waals surface area contributed by atoms with Crippen molar-refractivity contribution in [2.45, 2.75) is 36.6 Å². The first-order valence-electron chi connectivity index (χ1n) is 9.08. The summed E-state index contributed by atoms with van der Waals surface area (Å²) >= 11 is 0. The summed E-state index contributed by atoms with van der Waals surface area (Å²) < 4.78 is 27.1. The predicted molar refractivity (Wildman–Crippen MR) is 106 cm³/mol. The monoisotopic (exact) mass is 432 g/mol. The van der Waals surface area contributed by atoms with Crippen molar-refractivity contribution in [3.63, 3.8) is 0 Å². The van der Waals surface area contributed by atoms with Crippen LogP contribution in [0.2, 0.25) is 0 Å². The molecule has 2 N–H and O–H groups in total. The number of likely N-dealkylation sites (tertiary alicyclic amines) is 1. The summed E-state index contributed by atoms with van der Waals surface area (Å²) in [6.07, 6.45) is 2.80. The Morgan fingerprint density at radius 3 is 2.29 bits per heavy atom. The molecule has 2 aliphatic heterocycles. The van der Waals surface area contributed by atoms with Gasteiger partial charge in [0.1, 0.15) is 0 Å². The molecular formula is C17H25ClN4O5S. The van der Waals surface area contributed by atoms with E-state index in [2.05, 4.69) is 0 Å². The van der Waals surface area contributed by atoms with Gasteiger partial charge in [-0.05, 0) is 37.8 Å². The van der Waals surface area contributed by atoms with Crippen LogP contribution in [-0.2, 0) is 14.8 Å². The number of amides is 1. The van der Waals surface area contributed by atoms with E-state index in [-0.39, 0.29) is 47.4 Å². The van der Waals surface area contributed by atoms with Crippen LogP contribution in [-0.4, -0.2) is 60.7 Å². The van der Waals surface area contributed by atoms with E-state index in [0.29, 0.717) is 32.5 Å². The number of nitrogens with two attached hydrogens (primary N) is 1. The van der Waals surface area contributed by atoms with Gasteiger partial charge in [-0.3, -0.25) is 14.9 Å². The van der Waals surface area contributed by atoms with Crippen molar-refractivity contribution in [1.29, 1.82) is 0 Å². The fourth-order valence-electron chi connectivity index (χ4n) is 3.63. The van der Waals surface area contributed by atoms with Crippen LogP contribution in [0.1, 0.15) is 25.7 Å². The second kappa shape index (κ2) is 9.17. The molecule has 0 saturated carbocycles. The summed E-state index contributed by atoms with van der Waals surface area (Å²) in [6.45, 7) is 1.71. The maximum atomic E-state index is 12.9. The second-order valence-electron chi connectivity index (χ2n) is 7.12. The summed E-state index contributed by atoms with van der Waals surface area (Å²) in [7, 11) is -3.79. The number of hydrogen-bond donors (Lipinski definition) is 1. The first-order valence-corrected chi connectivity index (χ1v) is 10.5. The Balaban J connectivity index is 0.00000280. The van der Waals surface area contributed by atoms with Gasteiger partial charge in [0.15, 0.2) is 0 Å². The van der Waals surface area contributed by atoms with Gasteiger partial charge in [-0.1, -0.05) is 0 Å². The minimum Gasteiger partial charge on any atom is -0.342 e. The Morgan fingerprint density at radius 1 is 1.11 bits per heavy atom. The lowest BCUT2D eigenvalue weighted by Gasteiger charge is -2.36. The van der Waals surface area contributed by atoms with Crippen molar-refractivity contribution < 1.29 is 18.1 Å². The topological polar surface area (TPSA) is 127 Å². The highest BCUT2D eigenvalue weighted by molar-refractivity contribution is 7.89. The molecule has 1 aromatic rings. The number of carbonyl (C=O) groups excluding carboxylic acids is 1. The van der Waals surface area contributed by atoms with E-state index in [1.807, 2.05) is 0 Å². The molecule has 0 aliphatic carbocycles. The second-order valence-corrected chi connectivity index (χ2v) is 9.05. The molecule has 0 aromatic heterocycles.